The quantitative estimate of drug-likeness (QED) is 0.0209. The molecule has 25 nitrogen and oxygen atoms in total. The molecule has 11 N–H and O–H groups in total. The highest BCUT2D eigenvalue weighted by Crippen LogP contribution is 2.21. The lowest BCUT2D eigenvalue weighted by molar-refractivity contribution is -0.148. The van der Waals surface area contributed by atoms with Gasteiger partial charge in [-0.1, -0.05) is 39.8 Å². The van der Waals surface area contributed by atoms with Crippen LogP contribution in [0.4, 0.5) is 10.5 Å². The molecule has 0 spiro atoms. The number of nitrogens with two attached hydrogens (primary N) is 1. The number of carbonyl (C=O) groups excluding carboxylic acids is 9. The van der Waals surface area contributed by atoms with Gasteiger partial charge < -0.3 is 76.2 Å². The van der Waals surface area contributed by atoms with Crippen molar-refractivity contribution in [1.82, 2.24) is 20.9 Å². The number of aliphatic hydroxyl groups is 5. The number of nitrogens with one attached hydrogen (secondary N) is 4. The third-order valence-electron chi connectivity index (χ3n) is 11.6. The Balaban J connectivity index is 2.04. The Labute approximate surface area is 436 Å². The van der Waals surface area contributed by atoms with E-state index in [9.17, 15) is 63.6 Å². The van der Waals surface area contributed by atoms with Crippen molar-refractivity contribution < 1.29 is 92.4 Å². The number of carbonyl (C=O) groups is 9. The fraction of sp³-hybridized carbons (Fsp3) is 0.660. The number of amides is 7. The van der Waals surface area contributed by atoms with Crippen LogP contribution in [0.2, 0.25) is 0 Å². The van der Waals surface area contributed by atoms with E-state index < -0.39 is 96.7 Å². The first-order valence-corrected chi connectivity index (χ1v) is 25.0. The Bertz CT molecular complexity index is 1990. The lowest BCUT2D eigenvalue weighted by Crippen LogP contribution is -2.49. The molecule has 422 valence electrons. The summed E-state index contributed by atoms with van der Waals surface area (Å²) >= 11 is 0. The van der Waals surface area contributed by atoms with E-state index in [0.717, 1.165) is 4.90 Å². The summed E-state index contributed by atoms with van der Waals surface area (Å²) in [7, 11) is 0. The van der Waals surface area contributed by atoms with E-state index in [4.69, 9.17) is 34.5 Å². The summed E-state index contributed by atoms with van der Waals surface area (Å²) in [5, 5.41) is 59.3. The lowest BCUT2D eigenvalue weighted by Gasteiger charge is -2.26. The molecule has 1 aliphatic rings. The maximum atomic E-state index is 14.1. The van der Waals surface area contributed by atoms with Crippen LogP contribution in [0.25, 0.3) is 0 Å². The third-order valence-corrected chi connectivity index (χ3v) is 11.6. The number of esters is 1. The number of imide groups is 1. The largest absolute Gasteiger partial charge is 0.461 e. The topological polar surface area (TPSA) is 378 Å². The van der Waals surface area contributed by atoms with Crippen LogP contribution in [-0.2, 0) is 68.6 Å². The average molecular weight is 1070 g/mol. The number of urea groups is 1. The fourth-order valence-electron chi connectivity index (χ4n) is 7.15. The van der Waals surface area contributed by atoms with Gasteiger partial charge in [0.2, 0.25) is 17.7 Å². The Morgan fingerprint density at radius 1 is 0.680 bits per heavy atom. The van der Waals surface area contributed by atoms with E-state index in [0.29, 0.717) is 11.3 Å². The molecule has 0 saturated carbocycles. The van der Waals surface area contributed by atoms with Crippen molar-refractivity contribution in [2.45, 2.75) is 110 Å². The molecule has 0 bridgehead atoms. The summed E-state index contributed by atoms with van der Waals surface area (Å²) in [5.41, 5.74) is 6.28. The summed E-state index contributed by atoms with van der Waals surface area (Å²) in [6.07, 6.45) is -6.01. The van der Waals surface area contributed by atoms with Crippen LogP contribution >= 0.6 is 0 Å². The van der Waals surface area contributed by atoms with Crippen LogP contribution in [-0.4, -0.2) is 193 Å². The molecule has 0 aliphatic carbocycles. The van der Waals surface area contributed by atoms with E-state index >= 15 is 0 Å². The zero-order chi connectivity index (χ0) is 55.9. The van der Waals surface area contributed by atoms with Gasteiger partial charge in [0, 0.05) is 68.4 Å². The van der Waals surface area contributed by atoms with E-state index in [1.54, 1.807) is 52.0 Å². The zero-order valence-electron chi connectivity index (χ0n) is 43.3. The van der Waals surface area contributed by atoms with Gasteiger partial charge in [-0.05, 0) is 42.9 Å². The summed E-state index contributed by atoms with van der Waals surface area (Å²) in [6.45, 7) is 7.00. The number of Topliss-reactive ketones (excluding diaryl/α,β-unsaturated/α-hetero) is 2. The van der Waals surface area contributed by atoms with Crippen LogP contribution in [0.1, 0.15) is 78.2 Å². The van der Waals surface area contributed by atoms with Gasteiger partial charge in [-0.25, -0.2) is 4.79 Å². The second kappa shape index (κ2) is 36.3. The number of hydrogen-bond donors (Lipinski definition) is 10. The highest BCUT2D eigenvalue weighted by atomic mass is 16.6. The molecule has 25 heteroatoms. The van der Waals surface area contributed by atoms with Crippen LogP contribution in [0.15, 0.2) is 36.4 Å². The smallest absolute Gasteiger partial charge is 0.312 e. The first kappa shape index (κ1) is 65.3. The SMILES string of the molecule is CC(C)C(=O)OCc1ccc(NC(=O)[C@H](CCCNC(N)=O)CC(=O)[C@@H](NC(=O)[C@@H](CCC(=O)NC[C@H](O)[C@@H](O)[C@H](O)[C@H](O)CO)CC(=O)CCOCCOCCOCCOCCN2C(=O)C=CC2=O)C(C)C)cc1. The molecule has 75 heavy (non-hydrogen) atoms. The minimum absolute atomic E-state index is 0.0281. The molecule has 0 fully saturated rings. The Kier molecular flexibility index (Phi) is 31.6. The molecule has 1 aliphatic heterocycles. The number of benzene rings is 1. The van der Waals surface area contributed by atoms with Gasteiger partial charge in [-0.3, -0.25) is 43.3 Å². The minimum atomic E-state index is -1.94. The molecule has 0 aromatic heterocycles. The maximum Gasteiger partial charge on any atom is 0.312 e. The van der Waals surface area contributed by atoms with Crippen LogP contribution in [0, 0.1) is 23.7 Å². The van der Waals surface area contributed by atoms with Gasteiger partial charge in [0.15, 0.2) is 5.78 Å². The average Bonchev–Trinajstić information content (AvgIpc) is 3.70. The maximum absolute atomic E-state index is 14.1. The predicted octanol–water partition coefficient (Wildman–Crippen LogP) is -1.22. The number of nitrogens with zero attached hydrogens (tertiary/aromatic N) is 1. The van der Waals surface area contributed by atoms with E-state index in [-0.39, 0.29) is 141 Å². The summed E-state index contributed by atoms with van der Waals surface area (Å²) in [5.74, 6) is -6.95. The van der Waals surface area contributed by atoms with E-state index in [1.807, 2.05) is 0 Å². The van der Waals surface area contributed by atoms with Crippen LogP contribution < -0.4 is 27.0 Å². The van der Waals surface area contributed by atoms with E-state index in [1.165, 1.54) is 12.2 Å². The molecule has 1 aromatic carbocycles. The summed E-state index contributed by atoms with van der Waals surface area (Å²) in [6, 6.07) is 4.63. The summed E-state index contributed by atoms with van der Waals surface area (Å²) in [4.78, 5) is 115. The second-order valence-electron chi connectivity index (χ2n) is 18.4. The van der Waals surface area contributed by atoms with Gasteiger partial charge in [0.1, 0.15) is 30.7 Å². The van der Waals surface area contributed by atoms with Crippen molar-refractivity contribution in [3.05, 3.63) is 42.0 Å². The molecule has 0 saturated heterocycles. The molecule has 0 unspecified atom stereocenters. The number of rotatable bonds is 41. The van der Waals surface area contributed by atoms with Crippen LogP contribution in [0.5, 0.6) is 0 Å². The van der Waals surface area contributed by atoms with Crippen molar-refractivity contribution >= 4 is 58.8 Å². The molecule has 2 rings (SSSR count). The van der Waals surface area contributed by atoms with Crippen molar-refractivity contribution in [1.29, 1.82) is 0 Å². The van der Waals surface area contributed by atoms with Crippen molar-refractivity contribution in [2.75, 3.05) is 84.4 Å². The second-order valence-corrected chi connectivity index (χ2v) is 18.4. The molecule has 1 heterocycles. The fourth-order valence-corrected chi connectivity index (χ4v) is 7.15. The Hall–Kier alpha value is -5.77. The number of primary amides is 1. The first-order chi connectivity index (χ1) is 35.6. The monoisotopic (exact) mass is 1070 g/mol. The van der Waals surface area contributed by atoms with Crippen LogP contribution in [0.3, 0.4) is 0 Å². The molecule has 1 aromatic rings. The van der Waals surface area contributed by atoms with E-state index in [2.05, 4.69) is 21.3 Å². The predicted molar refractivity (Wildman–Crippen MR) is 267 cm³/mol. The first-order valence-electron chi connectivity index (χ1n) is 25.0. The summed E-state index contributed by atoms with van der Waals surface area (Å²) < 4.78 is 27.1. The molecule has 0 radical (unpaired) electrons. The number of hydrogen-bond acceptors (Lipinski definition) is 19. The molecular formula is C50H78N6O19. The Morgan fingerprint density at radius 2 is 1.24 bits per heavy atom. The molecular weight excluding hydrogens is 989 g/mol. The number of aliphatic hydroxyl groups excluding tert-OH is 5. The zero-order valence-corrected chi connectivity index (χ0v) is 43.3. The standard InChI is InChI=1S/C50H78N6O19/c1-31(2)44(38(59)27-34(6-5-16-52-50(51)70)47(67)54-36-10-7-33(8-11-36)30-75-49(69)32(3)4)55-48(68)35(9-12-41(62)53-28-39(60)45(65)46(66)40(61)29-57)26-37(58)15-18-71-20-22-73-24-25-74-23-21-72-19-17-56-42(63)13-14-43(56)64/h7-8,10-11,13-14,31-32,34-35,39-40,44-46,57,60-61,65-66H,5-6,9,12,15-30H2,1-4H3,(H,53,62)(H,54,67)(H,55,68)(H3,51,52,70)/t34-,35+,39+,40-,44+,45-,46-/m1/s1. The van der Waals surface area contributed by atoms with Gasteiger partial charge in [0.05, 0.1) is 84.1 Å². The van der Waals surface area contributed by atoms with Gasteiger partial charge in [-0.15, -0.1) is 0 Å². The lowest BCUT2D eigenvalue weighted by atomic mass is 9.88. The number of ketones is 2. The number of ether oxygens (including phenoxy) is 5. The molecule has 7 atom stereocenters. The number of anilines is 1. The van der Waals surface area contributed by atoms with Crippen molar-refractivity contribution in [3.8, 4) is 0 Å². The van der Waals surface area contributed by atoms with Gasteiger partial charge in [-0.2, -0.15) is 0 Å². The minimum Gasteiger partial charge on any atom is -0.461 e. The highest BCUT2D eigenvalue weighted by Gasteiger charge is 2.33. The van der Waals surface area contributed by atoms with Gasteiger partial charge >= 0.3 is 12.0 Å². The van der Waals surface area contributed by atoms with Crippen molar-refractivity contribution in [2.24, 2.45) is 29.4 Å². The highest BCUT2D eigenvalue weighted by molar-refractivity contribution is 6.12. The molecule has 7 amide bonds. The van der Waals surface area contributed by atoms with Gasteiger partial charge in [0.25, 0.3) is 11.8 Å². The third kappa shape index (κ3) is 26.5. The van der Waals surface area contributed by atoms with Crippen molar-refractivity contribution in [3.63, 3.8) is 0 Å². The Morgan fingerprint density at radius 3 is 1.80 bits per heavy atom. The normalized spacial score (nSPS) is 15.2.